The Morgan fingerprint density at radius 2 is 1.96 bits per heavy atom. The molecule has 0 unspecified atom stereocenters. The van der Waals surface area contributed by atoms with Crippen LogP contribution in [0, 0.1) is 24.1 Å². The van der Waals surface area contributed by atoms with Crippen LogP contribution in [0.25, 0.3) is 11.1 Å². The van der Waals surface area contributed by atoms with Crippen LogP contribution in [0.4, 0.5) is 4.39 Å². The van der Waals surface area contributed by atoms with Gasteiger partial charge in [0, 0.05) is 23.7 Å². The predicted molar refractivity (Wildman–Crippen MR) is 103 cm³/mol. The van der Waals surface area contributed by atoms with Crippen molar-refractivity contribution in [2.24, 2.45) is 0 Å². The molecular formula is C22H20FN3O. The lowest BCUT2D eigenvalue weighted by Crippen LogP contribution is -2.26. The van der Waals surface area contributed by atoms with E-state index in [1.54, 1.807) is 37.3 Å². The van der Waals surface area contributed by atoms with Gasteiger partial charge < -0.3 is 0 Å². The van der Waals surface area contributed by atoms with Crippen molar-refractivity contribution >= 4 is 0 Å². The minimum Gasteiger partial charge on any atom is -0.292 e. The Morgan fingerprint density at radius 1 is 1.19 bits per heavy atom. The molecule has 27 heavy (non-hydrogen) atoms. The Kier molecular flexibility index (Phi) is 5.46. The number of rotatable bonds is 5. The molecule has 0 fully saturated rings. The molecule has 0 amide bonds. The van der Waals surface area contributed by atoms with E-state index in [2.05, 4.69) is 11.1 Å². The molecule has 0 saturated carbocycles. The van der Waals surface area contributed by atoms with Crippen LogP contribution in [0.1, 0.15) is 36.0 Å². The van der Waals surface area contributed by atoms with Crippen LogP contribution in [-0.2, 0) is 13.0 Å². The van der Waals surface area contributed by atoms with Gasteiger partial charge in [0.2, 0.25) is 0 Å². The second kappa shape index (κ2) is 7.96. The number of nitriles is 1. The van der Waals surface area contributed by atoms with Crippen LogP contribution in [0.15, 0.2) is 53.3 Å². The van der Waals surface area contributed by atoms with Crippen molar-refractivity contribution in [3.63, 3.8) is 0 Å². The van der Waals surface area contributed by atoms with Crippen molar-refractivity contribution in [1.29, 1.82) is 5.26 Å². The molecule has 0 aliphatic carbocycles. The topological polar surface area (TPSA) is 58.7 Å². The summed E-state index contributed by atoms with van der Waals surface area (Å²) < 4.78 is 16.3. The summed E-state index contributed by atoms with van der Waals surface area (Å²) in [6.45, 7) is 3.93. The lowest BCUT2D eigenvalue weighted by Gasteiger charge is -2.13. The van der Waals surface area contributed by atoms with Crippen LogP contribution < -0.4 is 5.56 Å². The van der Waals surface area contributed by atoms with E-state index in [9.17, 15) is 14.4 Å². The Labute approximate surface area is 157 Å². The fourth-order valence-corrected chi connectivity index (χ4v) is 3.11. The molecule has 0 radical (unpaired) electrons. The molecule has 1 aromatic heterocycles. The third-order valence-corrected chi connectivity index (χ3v) is 4.43. The monoisotopic (exact) mass is 361 g/mol. The molecule has 0 N–H and O–H groups in total. The van der Waals surface area contributed by atoms with Gasteiger partial charge in [0.15, 0.2) is 0 Å². The second-order valence-electron chi connectivity index (χ2n) is 6.45. The highest BCUT2D eigenvalue weighted by molar-refractivity contribution is 5.70. The van der Waals surface area contributed by atoms with Crippen molar-refractivity contribution in [2.75, 3.05) is 0 Å². The molecule has 4 nitrogen and oxygen atoms in total. The summed E-state index contributed by atoms with van der Waals surface area (Å²) in [6, 6.07) is 15.5. The van der Waals surface area contributed by atoms with Gasteiger partial charge in [0.1, 0.15) is 11.6 Å². The van der Waals surface area contributed by atoms with Gasteiger partial charge in [0.05, 0.1) is 18.2 Å². The van der Waals surface area contributed by atoms with Crippen LogP contribution in [-0.4, -0.2) is 9.55 Å². The van der Waals surface area contributed by atoms with Gasteiger partial charge in [-0.1, -0.05) is 37.3 Å². The van der Waals surface area contributed by atoms with Crippen LogP contribution in [0.2, 0.25) is 0 Å². The molecule has 2 aromatic carbocycles. The van der Waals surface area contributed by atoms with Gasteiger partial charge in [0.25, 0.3) is 5.56 Å². The van der Waals surface area contributed by atoms with Crippen LogP contribution in [0.5, 0.6) is 0 Å². The molecule has 136 valence electrons. The standard InChI is InChI=1S/C22H20FN3O/c1-3-6-21-25-15(2)11-22(27)26(21)14-18-10-9-16(12-20(18)23)19-8-5-4-7-17(19)13-24/h4-5,7-12H,3,6,14H2,1-2H3. The highest BCUT2D eigenvalue weighted by atomic mass is 19.1. The predicted octanol–water partition coefficient (Wildman–Crippen LogP) is 4.23. The SMILES string of the molecule is CCCc1nc(C)cc(=O)n1Cc1ccc(-c2ccccc2C#N)cc1F. The number of hydrogen-bond donors (Lipinski definition) is 0. The number of aromatic nitrogens is 2. The summed E-state index contributed by atoms with van der Waals surface area (Å²) in [5.74, 6) is 0.260. The van der Waals surface area contributed by atoms with Crippen molar-refractivity contribution in [2.45, 2.75) is 33.2 Å². The third kappa shape index (κ3) is 3.95. The minimum atomic E-state index is -0.407. The Balaban J connectivity index is 1.99. The van der Waals surface area contributed by atoms with Crippen molar-refractivity contribution < 1.29 is 4.39 Å². The molecule has 3 aromatic rings. The normalized spacial score (nSPS) is 10.6. The Hall–Kier alpha value is -3.26. The molecule has 0 spiro atoms. The smallest absolute Gasteiger partial charge is 0.254 e. The lowest BCUT2D eigenvalue weighted by molar-refractivity contribution is 0.581. The molecule has 3 rings (SSSR count). The van der Waals surface area contributed by atoms with Crippen LogP contribution in [0.3, 0.4) is 0 Å². The van der Waals surface area contributed by atoms with E-state index in [0.29, 0.717) is 40.2 Å². The van der Waals surface area contributed by atoms with Crippen molar-refractivity contribution in [3.05, 3.63) is 87.3 Å². The summed E-state index contributed by atoms with van der Waals surface area (Å²) in [5, 5.41) is 9.24. The summed E-state index contributed by atoms with van der Waals surface area (Å²) in [5.41, 5.74) is 2.72. The van der Waals surface area contributed by atoms with Crippen molar-refractivity contribution in [1.82, 2.24) is 9.55 Å². The summed E-state index contributed by atoms with van der Waals surface area (Å²) in [4.78, 5) is 16.8. The Morgan fingerprint density at radius 3 is 2.67 bits per heavy atom. The van der Waals surface area contributed by atoms with E-state index in [1.807, 2.05) is 13.0 Å². The van der Waals surface area contributed by atoms with E-state index in [-0.39, 0.29) is 12.1 Å². The van der Waals surface area contributed by atoms with Crippen LogP contribution >= 0.6 is 0 Å². The average Bonchev–Trinajstić information content (AvgIpc) is 2.65. The van der Waals surface area contributed by atoms with Gasteiger partial charge >= 0.3 is 0 Å². The second-order valence-corrected chi connectivity index (χ2v) is 6.45. The first-order chi connectivity index (χ1) is 13.0. The minimum absolute atomic E-state index is 0.132. The number of benzene rings is 2. The maximum absolute atomic E-state index is 14.8. The molecule has 0 atom stereocenters. The first-order valence-corrected chi connectivity index (χ1v) is 8.88. The van der Waals surface area contributed by atoms with E-state index in [4.69, 9.17) is 0 Å². The zero-order valence-corrected chi connectivity index (χ0v) is 15.4. The number of hydrogen-bond acceptors (Lipinski definition) is 3. The zero-order chi connectivity index (χ0) is 19.4. The van der Waals surface area contributed by atoms with Gasteiger partial charge in [-0.2, -0.15) is 5.26 Å². The highest BCUT2D eigenvalue weighted by Gasteiger charge is 2.12. The summed E-state index contributed by atoms with van der Waals surface area (Å²) in [6.07, 6.45) is 1.51. The quantitative estimate of drug-likeness (QED) is 0.683. The zero-order valence-electron chi connectivity index (χ0n) is 15.4. The van der Waals surface area contributed by atoms with Gasteiger partial charge in [-0.05, 0) is 36.6 Å². The molecular weight excluding hydrogens is 341 g/mol. The van der Waals surface area contributed by atoms with Gasteiger partial charge in [-0.25, -0.2) is 9.37 Å². The maximum atomic E-state index is 14.8. The number of halogens is 1. The fraction of sp³-hybridized carbons (Fsp3) is 0.227. The molecule has 0 saturated heterocycles. The van der Waals surface area contributed by atoms with Gasteiger partial charge in [-0.3, -0.25) is 9.36 Å². The molecule has 5 heteroatoms. The lowest BCUT2D eigenvalue weighted by atomic mass is 9.99. The molecule has 0 bridgehead atoms. The highest BCUT2D eigenvalue weighted by Crippen LogP contribution is 2.25. The summed E-state index contributed by atoms with van der Waals surface area (Å²) >= 11 is 0. The number of nitrogens with zero attached hydrogens (tertiary/aromatic N) is 3. The molecule has 0 aliphatic heterocycles. The maximum Gasteiger partial charge on any atom is 0.254 e. The first kappa shape index (κ1) is 18.5. The van der Waals surface area contributed by atoms with Crippen molar-refractivity contribution in [3.8, 4) is 17.2 Å². The third-order valence-electron chi connectivity index (χ3n) is 4.43. The molecule has 0 aliphatic rings. The van der Waals surface area contributed by atoms with E-state index in [0.717, 1.165) is 6.42 Å². The average molecular weight is 361 g/mol. The fourth-order valence-electron chi connectivity index (χ4n) is 3.11. The van der Waals surface area contributed by atoms with E-state index >= 15 is 0 Å². The number of aryl methyl sites for hydroxylation is 2. The largest absolute Gasteiger partial charge is 0.292 e. The molecule has 1 heterocycles. The Bertz CT molecular complexity index is 1080. The van der Waals surface area contributed by atoms with E-state index in [1.165, 1.54) is 16.7 Å². The summed E-state index contributed by atoms with van der Waals surface area (Å²) in [7, 11) is 0. The van der Waals surface area contributed by atoms with E-state index < -0.39 is 5.82 Å². The first-order valence-electron chi connectivity index (χ1n) is 8.88. The van der Waals surface area contributed by atoms with Gasteiger partial charge in [-0.15, -0.1) is 0 Å².